The summed E-state index contributed by atoms with van der Waals surface area (Å²) in [6, 6.07) is -0.495. The first kappa shape index (κ1) is 8.49. The summed E-state index contributed by atoms with van der Waals surface area (Å²) in [4.78, 5) is 12.3. The minimum atomic E-state index is -0.821. The lowest BCUT2D eigenvalue weighted by Crippen LogP contribution is -2.43. The number of likely N-dealkylation sites (N-methyl/N-ethyl adjacent to an activating group) is 1. The van der Waals surface area contributed by atoms with E-state index in [4.69, 9.17) is 9.84 Å². The van der Waals surface area contributed by atoms with E-state index in [-0.39, 0.29) is 6.61 Å². The molecular formula is C7H13NO3. The molecule has 0 aromatic carbocycles. The quantitative estimate of drug-likeness (QED) is 0.591. The molecule has 1 unspecified atom stereocenters. The molecule has 1 rings (SSSR count). The summed E-state index contributed by atoms with van der Waals surface area (Å²) in [6.07, 6.45) is 0. The van der Waals surface area contributed by atoms with E-state index in [1.165, 1.54) is 0 Å². The van der Waals surface area contributed by atoms with Gasteiger partial charge in [0.25, 0.3) is 0 Å². The van der Waals surface area contributed by atoms with Gasteiger partial charge in [0, 0.05) is 0 Å². The third kappa shape index (κ3) is 1.36. The van der Waals surface area contributed by atoms with Crippen LogP contribution in [0.25, 0.3) is 0 Å². The molecule has 4 nitrogen and oxygen atoms in total. The summed E-state index contributed by atoms with van der Waals surface area (Å²) in [7, 11) is 1.76. The first-order valence-corrected chi connectivity index (χ1v) is 3.55. The Morgan fingerprint density at radius 1 is 1.73 bits per heavy atom. The number of carboxylic acids is 1. The second-order valence-electron chi connectivity index (χ2n) is 3.22. The second-order valence-corrected chi connectivity index (χ2v) is 3.22. The van der Waals surface area contributed by atoms with E-state index in [2.05, 4.69) is 0 Å². The summed E-state index contributed by atoms with van der Waals surface area (Å²) in [5, 5.41) is 8.69. The number of ether oxygens (including phenoxy) is 1. The van der Waals surface area contributed by atoms with Crippen molar-refractivity contribution in [1.29, 1.82) is 0 Å². The maximum atomic E-state index is 10.6. The SMILES string of the molecule is CN1C(C(=O)O)COC1(C)C. The highest BCUT2D eigenvalue weighted by atomic mass is 16.5. The molecule has 1 saturated heterocycles. The van der Waals surface area contributed by atoms with Gasteiger partial charge in [0.1, 0.15) is 11.8 Å². The van der Waals surface area contributed by atoms with Crippen LogP contribution in [-0.4, -0.2) is 41.4 Å². The van der Waals surface area contributed by atoms with Crippen LogP contribution in [0.1, 0.15) is 13.8 Å². The molecule has 1 N–H and O–H groups in total. The number of aliphatic carboxylic acids is 1. The van der Waals surface area contributed by atoms with Gasteiger partial charge in [-0.05, 0) is 20.9 Å². The fourth-order valence-corrected chi connectivity index (χ4v) is 1.11. The van der Waals surface area contributed by atoms with E-state index >= 15 is 0 Å². The highest BCUT2D eigenvalue weighted by Crippen LogP contribution is 2.24. The zero-order valence-corrected chi connectivity index (χ0v) is 7.00. The maximum Gasteiger partial charge on any atom is 0.323 e. The Hall–Kier alpha value is -0.610. The molecule has 64 valence electrons. The van der Waals surface area contributed by atoms with Crippen molar-refractivity contribution in [2.45, 2.75) is 25.6 Å². The van der Waals surface area contributed by atoms with E-state index in [9.17, 15) is 4.79 Å². The lowest BCUT2D eigenvalue weighted by atomic mass is 10.2. The average Bonchev–Trinajstić information content (AvgIpc) is 2.09. The molecule has 0 aromatic heterocycles. The van der Waals surface area contributed by atoms with Gasteiger partial charge in [-0.15, -0.1) is 0 Å². The molecule has 4 heteroatoms. The monoisotopic (exact) mass is 159 g/mol. The summed E-state index contributed by atoms with van der Waals surface area (Å²) >= 11 is 0. The van der Waals surface area contributed by atoms with Gasteiger partial charge in [-0.3, -0.25) is 9.69 Å². The zero-order chi connectivity index (χ0) is 8.65. The average molecular weight is 159 g/mol. The van der Waals surface area contributed by atoms with Gasteiger partial charge in [0.15, 0.2) is 0 Å². The number of nitrogens with zero attached hydrogens (tertiary/aromatic N) is 1. The van der Waals surface area contributed by atoms with Gasteiger partial charge in [-0.1, -0.05) is 0 Å². The van der Waals surface area contributed by atoms with Crippen molar-refractivity contribution in [1.82, 2.24) is 4.90 Å². The van der Waals surface area contributed by atoms with Crippen molar-refractivity contribution in [3.63, 3.8) is 0 Å². The molecule has 0 aliphatic carbocycles. The van der Waals surface area contributed by atoms with E-state index in [1.807, 2.05) is 13.8 Å². The number of carbonyl (C=O) groups is 1. The van der Waals surface area contributed by atoms with Gasteiger partial charge in [-0.2, -0.15) is 0 Å². The van der Waals surface area contributed by atoms with Crippen LogP contribution in [0.2, 0.25) is 0 Å². The Balaban J connectivity index is 2.71. The first-order chi connectivity index (χ1) is 4.95. The Labute approximate surface area is 65.8 Å². The van der Waals surface area contributed by atoms with Crippen molar-refractivity contribution in [3.05, 3.63) is 0 Å². The van der Waals surface area contributed by atoms with Crippen LogP contribution in [-0.2, 0) is 9.53 Å². The molecular weight excluding hydrogens is 146 g/mol. The molecule has 0 aromatic rings. The Bertz CT molecular complexity index is 179. The number of rotatable bonds is 1. The highest BCUT2D eigenvalue weighted by Gasteiger charge is 2.41. The smallest absolute Gasteiger partial charge is 0.323 e. The fraction of sp³-hybridized carbons (Fsp3) is 0.857. The predicted molar refractivity (Wildman–Crippen MR) is 39.2 cm³/mol. The summed E-state index contributed by atoms with van der Waals surface area (Å²) in [6.45, 7) is 3.99. The molecule has 1 aliphatic heterocycles. The third-order valence-corrected chi connectivity index (χ3v) is 2.20. The molecule has 0 bridgehead atoms. The van der Waals surface area contributed by atoms with Crippen molar-refractivity contribution < 1.29 is 14.6 Å². The lowest BCUT2D eigenvalue weighted by Gasteiger charge is -2.27. The van der Waals surface area contributed by atoms with Gasteiger partial charge < -0.3 is 9.84 Å². The predicted octanol–water partition coefficient (Wildman–Crippen LogP) is 0.138. The number of hydrogen-bond acceptors (Lipinski definition) is 3. The van der Waals surface area contributed by atoms with Gasteiger partial charge >= 0.3 is 5.97 Å². The van der Waals surface area contributed by atoms with E-state index in [0.717, 1.165) is 0 Å². The highest BCUT2D eigenvalue weighted by molar-refractivity contribution is 5.74. The van der Waals surface area contributed by atoms with Gasteiger partial charge in [0.05, 0.1) is 6.61 Å². The maximum absolute atomic E-state index is 10.6. The van der Waals surface area contributed by atoms with Gasteiger partial charge in [0.2, 0.25) is 0 Å². The molecule has 0 saturated carbocycles. The van der Waals surface area contributed by atoms with Crippen LogP contribution in [0, 0.1) is 0 Å². The van der Waals surface area contributed by atoms with Crippen molar-refractivity contribution in [3.8, 4) is 0 Å². The zero-order valence-electron chi connectivity index (χ0n) is 7.00. The van der Waals surface area contributed by atoms with Crippen LogP contribution >= 0.6 is 0 Å². The molecule has 1 aliphatic rings. The minimum absolute atomic E-state index is 0.277. The van der Waals surface area contributed by atoms with Crippen LogP contribution in [0.5, 0.6) is 0 Å². The van der Waals surface area contributed by atoms with Crippen LogP contribution in [0.4, 0.5) is 0 Å². The Morgan fingerprint density at radius 2 is 2.27 bits per heavy atom. The van der Waals surface area contributed by atoms with Crippen molar-refractivity contribution >= 4 is 5.97 Å². The summed E-state index contributed by atoms with van der Waals surface area (Å²) in [5.41, 5.74) is -0.441. The second kappa shape index (κ2) is 2.46. The fourth-order valence-electron chi connectivity index (χ4n) is 1.11. The molecule has 0 spiro atoms. The molecule has 1 heterocycles. The first-order valence-electron chi connectivity index (χ1n) is 3.55. The van der Waals surface area contributed by atoms with Crippen molar-refractivity contribution in [2.75, 3.05) is 13.7 Å². The Kier molecular flexibility index (Phi) is 1.90. The van der Waals surface area contributed by atoms with Gasteiger partial charge in [-0.25, -0.2) is 0 Å². The van der Waals surface area contributed by atoms with Crippen LogP contribution < -0.4 is 0 Å². The van der Waals surface area contributed by atoms with Crippen LogP contribution in [0.3, 0.4) is 0 Å². The molecule has 1 atom stereocenters. The van der Waals surface area contributed by atoms with E-state index in [1.54, 1.807) is 11.9 Å². The van der Waals surface area contributed by atoms with Crippen LogP contribution in [0.15, 0.2) is 0 Å². The summed E-state index contributed by atoms with van der Waals surface area (Å²) < 4.78 is 5.27. The summed E-state index contributed by atoms with van der Waals surface area (Å²) in [5.74, 6) is -0.821. The van der Waals surface area contributed by atoms with Crippen molar-refractivity contribution in [2.24, 2.45) is 0 Å². The Morgan fingerprint density at radius 3 is 2.45 bits per heavy atom. The molecule has 0 amide bonds. The number of carboxylic acid groups (broad SMARTS) is 1. The number of hydrogen-bond donors (Lipinski definition) is 1. The topological polar surface area (TPSA) is 49.8 Å². The third-order valence-electron chi connectivity index (χ3n) is 2.20. The molecule has 0 radical (unpaired) electrons. The standard InChI is InChI=1S/C7H13NO3/c1-7(2)8(3)5(4-11-7)6(9)10/h5H,4H2,1-3H3,(H,9,10). The van der Waals surface area contributed by atoms with E-state index < -0.39 is 17.7 Å². The molecule has 1 fully saturated rings. The minimum Gasteiger partial charge on any atom is -0.480 e. The largest absolute Gasteiger partial charge is 0.480 e. The lowest BCUT2D eigenvalue weighted by molar-refractivity contribution is -0.142. The van der Waals surface area contributed by atoms with E-state index in [0.29, 0.717) is 0 Å². The normalized spacial score (nSPS) is 30.6. The molecule has 11 heavy (non-hydrogen) atoms.